The Morgan fingerprint density at radius 2 is 2.00 bits per heavy atom. The summed E-state index contributed by atoms with van der Waals surface area (Å²) in [7, 11) is 0. The van der Waals surface area contributed by atoms with E-state index in [0.717, 1.165) is 5.56 Å². The molecule has 1 N–H and O–H groups in total. The van der Waals surface area contributed by atoms with Gasteiger partial charge in [-0.2, -0.15) is 0 Å². The van der Waals surface area contributed by atoms with Gasteiger partial charge >= 0.3 is 0 Å². The van der Waals surface area contributed by atoms with Crippen LogP contribution >= 0.6 is 11.6 Å². The third-order valence-electron chi connectivity index (χ3n) is 3.34. The standard InChI is InChI=1S/C16H12ClN5O3/c17-13-6-4-11(5-7-13)9-21-10-18-16(20-21)19-15(23)12-2-1-3-14(8-12)22(24)25/h1-8,10H,9H2,(H,19,20,23). The molecule has 1 amide bonds. The van der Waals surface area contributed by atoms with Gasteiger partial charge in [0.15, 0.2) is 0 Å². The number of benzene rings is 2. The van der Waals surface area contributed by atoms with Crippen molar-refractivity contribution in [1.82, 2.24) is 14.8 Å². The van der Waals surface area contributed by atoms with Crippen LogP contribution in [-0.4, -0.2) is 25.6 Å². The minimum absolute atomic E-state index is 0.116. The van der Waals surface area contributed by atoms with Gasteiger partial charge in [0.25, 0.3) is 11.6 Å². The molecular formula is C16H12ClN5O3. The lowest BCUT2D eigenvalue weighted by Crippen LogP contribution is -2.13. The van der Waals surface area contributed by atoms with Crippen molar-refractivity contribution in [2.75, 3.05) is 5.32 Å². The summed E-state index contributed by atoms with van der Waals surface area (Å²) in [6, 6.07) is 12.7. The Balaban J connectivity index is 1.68. The quantitative estimate of drug-likeness (QED) is 0.558. The Labute approximate surface area is 147 Å². The number of halogens is 1. The van der Waals surface area contributed by atoms with Crippen LogP contribution in [0, 0.1) is 10.1 Å². The first kappa shape index (κ1) is 16.6. The molecule has 9 heteroatoms. The van der Waals surface area contributed by atoms with E-state index in [0.29, 0.717) is 11.6 Å². The lowest BCUT2D eigenvalue weighted by molar-refractivity contribution is -0.384. The molecule has 0 saturated heterocycles. The molecule has 0 atom stereocenters. The zero-order valence-corrected chi connectivity index (χ0v) is 13.6. The topological polar surface area (TPSA) is 103 Å². The maximum absolute atomic E-state index is 12.2. The van der Waals surface area contributed by atoms with E-state index in [2.05, 4.69) is 15.4 Å². The Morgan fingerprint density at radius 3 is 2.72 bits per heavy atom. The molecular weight excluding hydrogens is 346 g/mol. The summed E-state index contributed by atoms with van der Waals surface area (Å²) < 4.78 is 1.56. The van der Waals surface area contributed by atoms with Gasteiger partial charge in [-0.25, -0.2) is 9.67 Å². The number of carbonyl (C=O) groups is 1. The van der Waals surface area contributed by atoms with Crippen LogP contribution in [0.2, 0.25) is 5.02 Å². The zero-order valence-electron chi connectivity index (χ0n) is 12.8. The molecule has 3 rings (SSSR count). The molecule has 0 saturated carbocycles. The van der Waals surface area contributed by atoms with Crippen molar-refractivity contribution in [2.24, 2.45) is 0 Å². The smallest absolute Gasteiger partial charge is 0.270 e. The number of nitro groups is 1. The second kappa shape index (κ2) is 7.10. The summed E-state index contributed by atoms with van der Waals surface area (Å²) in [4.78, 5) is 26.4. The number of nitro benzene ring substituents is 1. The first-order chi connectivity index (χ1) is 12.0. The fourth-order valence-corrected chi connectivity index (χ4v) is 2.27. The van der Waals surface area contributed by atoms with Crippen LogP contribution in [0.25, 0.3) is 0 Å². The van der Waals surface area contributed by atoms with E-state index in [9.17, 15) is 14.9 Å². The van der Waals surface area contributed by atoms with Gasteiger partial charge < -0.3 is 0 Å². The van der Waals surface area contributed by atoms with E-state index in [1.807, 2.05) is 12.1 Å². The lowest BCUT2D eigenvalue weighted by atomic mass is 10.2. The number of hydrogen-bond donors (Lipinski definition) is 1. The van der Waals surface area contributed by atoms with Crippen LogP contribution in [0.15, 0.2) is 54.9 Å². The van der Waals surface area contributed by atoms with Gasteiger partial charge in [-0.1, -0.05) is 29.8 Å². The van der Waals surface area contributed by atoms with Gasteiger partial charge in [-0.3, -0.25) is 20.2 Å². The minimum Gasteiger partial charge on any atom is -0.289 e. The monoisotopic (exact) mass is 357 g/mol. The summed E-state index contributed by atoms with van der Waals surface area (Å²) in [5.41, 5.74) is 0.975. The average Bonchev–Trinajstić information content (AvgIpc) is 3.04. The SMILES string of the molecule is O=C(Nc1ncn(Cc2ccc(Cl)cc2)n1)c1cccc([N+](=O)[O-])c1. The molecule has 0 aliphatic heterocycles. The summed E-state index contributed by atoms with van der Waals surface area (Å²) in [6.07, 6.45) is 1.48. The van der Waals surface area contributed by atoms with E-state index in [1.54, 1.807) is 16.8 Å². The molecule has 0 unspecified atom stereocenters. The van der Waals surface area contributed by atoms with E-state index in [1.165, 1.54) is 30.6 Å². The van der Waals surface area contributed by atoms with Gasteiger partial charge in [0, 0.05) is 22.7 Å². The molecule has 1 aromatic heterocycles. The molecule has 0 spiro atoms. The van der Waals surface area contributed by atoms with Crippen molar-refractivity contribution < 1.29 is 9.72 Å². The van der Waals surface area contributed by atoms with Crippen molar-refractivity contribution >= 4 is 29.1 Å². The first-order valence-electron chi connectivity index (χ1n) is 7.21. The fraction of sp³-hybridized carbons (Fsp3) is 0.0625. The summed E-state index contributed by atoms with van der Waals surface area (Å²) in [6.45, 7) is 0.469. The predicted molar refractivity (Wildman–Crippen MR) is 91.6 cm³/mol. The van der Waals surface area contributed by atoms with E-state index in [-0.39, 0.29) is 17.2 Å². The highest BCUT2D eigenvalue weighted by molar-refractivity contribution is 6.30. The summed E-state index contributed by atoms with van der Waals surface area (Å²) >= 11 is 5.84. The number of carbonyl (C=O) groups excluding carboxylic acids is 1. The lowest BCUT2D eigenvalue weighted by Gasteiger charge is -2.02. The fourth-order valence-electron chi connectivity index (χ4n) is 2.14. The average molecular weight is 358 g/mol. The highest BCUT2D eigenvalue weighted by Gasteiger charge is 2.13. The second-order valence-electron chi connectivity index (χ2n) is 5.15. The Hall–Kier alpha value is -3.26. The maximum atomic E-state index is 12.2. The second-order valence-corrected chi connectivity index (χ2v) is 5.59. The van der Waals surface area contributed by atoms with Crippen LogP contribution in [-0.2, 0) is 6.54 Å². The van der Waals surface area contributed by atoms with Crippen LogP contribution in [0.1, 0.15) is 15.9 Å². The van der Waals surface area contributed by atoms with E-state index in [4.69, 9.17) is 11.6 Å². The Kier molecular flexibility index (Phi) is 4.71. The number of aromatic nitrogens is 3. The molecule has 3 aromatic rings. The Bertz CT molecular complexity index is 924. The molecule has 8 nitrogen and oxygen atoms in total. The van der Waals surface area contributed by atoms with Gasteiger partial charge in [-0.15, -0.1) is 5.10 Å². The highest BCUT2D eigenvalue weighted by atomic mass is 35.5. The minimum atomic E-state index is -0.560. The third kappa shape index (κ3) is 4.18. The van der Waals surface area contributed by atoms with Gasteiger partial charge in [0.05, 0.1) is 11.5 Å². The largest absolute Gasteiger partial charge is 0.289 e. The summed E-state index contributed by atoms with van der Waals surface area (Å²) in [5, 5.41) is 18.1. The number of nitrogens with zero attached hydrogens (tertiary/aromatic N) is 4. The molecule has 0 fully saturated rings. The van der Waals surface area contributed by atoms with Crippen molar-refractivity contribution in [1.29, 1.82) is 0 Å². The van der Waals surface area contributed by atoms with E-state index < -0.39 is 10.8 Å². The Morgan fingerprint density at radius 1 is 1.24 bits per heavy atom. The molecule has 2 aromatic carbocycles. The maximum Gasteiger partial charge on any atom is 0.270 e. The molecule has 25 heavy (non-hydrogen) atoms. The molecule has 1 heterocycles. The summed E-state index contributed by atoms with van der Waals surface area (Å²) in [5.74, 6) is -0.404. The number of hydrogen-bond acceptors (Lipinski definition) is 5. The van der Waals surface area contributed by atoms with Crippen molar-refractivity contribution in [3.8, 4) is 0 Å². The van der Waals surface area contributed by atoms with Gasteiger partial charge in [0.1, 0.15) is 6.33 Å². The normalized spacial score (nSPS) is 10.4. The van der Waals surface area contributed by atoms with E-state index >= 15 is 0 Å². The number of rotatable bonds is 5. The molecule has 0 bridgehead atoms. The third-order valence-corrected chi connectivity index (χ3v) is 3.59. The number of nitrogens with one attached hydrogen (secondary N) is 1. The highest BCUT2D eigenvalue weighted by Crippen LogP contribution is 2.14. The number of non-ortho nitro benzene ring substituents is 1. The zero-order chi connectivity index (χ0) is 17.8. The van der Waals surface area contributed by atoms with Gasteiger partial charge in [0.2, 0.25) is 5.95 Å². The van der Waals surface area contributed by atoms with Crippen LogP contribution in [0.3, 0.4) is 0 Å². The van der Waals surface area contributed by atoms with Crippen molar-refractivity contribution in [3.63, 3.8) is 0 Å². The molecule has 126 valence electrons. The van der Waals surface area contributed by atoms with Crippen LogP contribution < -0.4 is 5.32 Å². The van der Waals surface area contributed by atoms with Crippen LogP contribution in [0.4, 0.5) is 11.6 Å². The van der Waals surface area contributed by atoms with Crippen LogP contribution in [0.5, 0.6) is 0 Å². The molecule has 0 aliphatic carbocycles. The van der Waals surface area contributed by atoms with Crippen molar-refractivity contribution in [3.05, 3.63) is 81.1 Å². The predicted octanol–water partition coefficient (Wildman–Crippen LogP) is 3.14. The number of amides is 1. The molecule has 0 aliphatic rings. The first-order valence-corrected chi connectivity index (χ1v) is 7.59. The van der Waals surface area contributed by atoms with Crippen molar-refractivity contribution in [2.45, 2.75) is 6.54 Å². The van der Waals surface area contributed by atoms with Gasteiger partial charge in [-0.05, 0) is 23.8 Å². The molecule has 0 radical (unpaired) electrons. The number of anilines is 1.